The molecule has 0 aliphatic carbocycles. The van der Waals surface area contributed by atoms with Gasteiger partial charge in [-0.25, -0.2) is 9.79 Å². The third-order valence-corrected chi connectivity index (χ3v) is 8.12. The Labute approximate surface area is 239 Å². The van der Waals surface area contributed by atoms with E-state index in [-0.39, 0.29) is 18.9 Å². The van der Waals surface area contributed by atoms with Crippen LogP contribution in [0.2, 0.25) is 0 Å². The van der Waals surface area contributed by atoms with Gasteiger partial charge in [-0.1, -0.05) is 42.1 Å². The van der Waals surface area contributed by atoms with E-state index >= 15 is 0 Å². The van der Waals surface area contributed by atoms with Crippen molar-refractivity contribution in [3.8, 4) is 11.5 Å². The average molecular weight is 563 g/mol. The monoisotopic (exact) mass is 562 g/mol. The normalized spacial score (nSPS) is 19.1. The number of amidine groups is 1. The van der Waals surface area contributed by atoms with E-state index < -0.39 is 12.0 Å². The summed E-state index contributed by atoms with van der Waals surface area (Å²) in [5.41, 5.74) is 3.30. The molecule has 10 heteroatoms. The van der Waals surface area contributed by atoms with Crippen molar-refractivity contribution in [3.63, 3.8) is 0 Å². The largest absolute Gasteiger partial charge is 0.497 e. The second-order valence-electron chi connectivity index (χ2n) is 9.75. The third kappa shape index (κ3) is 5.59. The first-order valence-corrected chi connectivity index (χ1v) is 14.2. The summed E-state index contributed by atoms with van der Waals surface area (Å²) < 4.78 is 16.8. The second kappa shape index (κ2) is 12.2. The first-order chi connectivity index (χ1) is 19.4. The Balaban J connectivity index is 1.62. The summed E-state index contributed by atoms with van der Waals surface area (Å²) >= 11 is 1.45. The first-order valence-electron chi connectivity index (χ1n) is 13.3. The zero-order valence-corrected chi connectivity index (χ0v) is 24.1. The maximum atomic E-state index is 13.7. The minimum atomic E-state index is -0.618. The maximum Gasteiger partial charge on any atom is 0.338 e. The fourth-order valence-electron chi connectivity index (χ4n) is 5.11. The molecule has 1 unspecified atom stereocenters. The summed E-state index contributed by atoms with van der Waals surface area (Å²) in [7, 11) is 5.25. The van der Waals surface area contributed by atoms with Gasteiger partial charge in [0, 0.05) is 43.5 Å². The van der Waals surface area contributed by atoms with Crippen molar-refractivity contribution < 1.29 is 23.8 Å². The number of benzene rings is 2. The van der Waals surface area contributed by atoms with Gasteiger partial charge in [0.05, 0.1) is 44.6 Å². The van der Waals surface area contributed by atoms with Crippen LogP contribution < -0.4 is 9.47 Å². The van der Waals surface area contributed by atoms with Crippen molar-refractivity contribution in [2.45, 2.75) is 19.4 Å². The molecule has 0 aromatic heterocycles. The van der Waals surface area contributed by atoms with Crippen molar-refractivity contribution >= 4 is 34.5 Å². The summed E-state index contributed by atoms with van der Waals surface area (Å²) in [5, 5.41) is 2.66. The standard InChI is InChI=1S/C30H34N4O5S/c1-5-39-29(36)26-27(20-9-7-6-8-10-20)31-30-34(28(26)21-15-23(37-3)18-24(16-21)38-4)22(19-40-30)17-25(35)33-13-11-32(2)12-14-33/h6-10,15-16,18-19,28H,5,11-14,17H2,1-4H3. The summed E-state index contributed by atoms with van der Waals surface area (Å²) in [6.07, 6.45) is 0.199. The third-order valence-electron chi connectivity index (χ3n) is 7.23. The van der Waals surface area contributed by atoms with E-state index in [0.29, 0.717) is 41.0 Å². The lowest BCUT2D eigenvalue weighted by atomic mass is 9.91. The van der Waals surface area contributed by atoms with Crippen molar-refractivity contribution in [1.82, 2.24) is 14.7 Å². The Morgan fingerprint density at radius 3 is 2.30 bits per heavy atom. The highest BCUT2D eigenvalue weighted by Crippen LogP contribution is 2.48. The molecule has 3 heterocycles. The van der Waals surface area contributed by atoms with Crippen LogP contribution in [0.1, 0.15) is 30.5 Å². The number of fused-ring (bicyclic) bond motifs is 1. The maximum absolute atomic E-state index is 13.7. The molecule has 0 saturated carbocycles. The van der Waals surface area contributed by atoms with Gasteiger partial charge in [-0.3, -0.25) is 4.79 Å². The zero-order chi connectivity index (χ0) is 28.2. The molecule has 0 spiro atoms. The van der Waals surface area contributed by atoms with E-state index in [2.05, 4.69) is 11.9 Å². The van der Waals surface area contributed by atoms with Crippen LogP contribution in [0.3, 0.4) is 0 Å². The minimum absolute atomic E-state index is 0.0543. The molecule has 0 N–H and O–H groups in total. The predicted molar refractivity (Wildman–Crippen MR) is 156 cm³/mol. The van der Waals surface area contributed by atoms with Crippen molar-refractivity contribution in [2.24, 2.45) is 4.99 Å². The highest BCUT2D eigenvalue weighted by atomic mass is 32.2. The lowest BCUT2D eigenvalue weighted by Gasteiger charge is -2.38. The van der Waals surface area contributed by atoms with Gasteiger partial charge in [-0.2, -0.15) is 0 Å². The number of hydrogen-bond acceptors (Lipinski definition) is 9. The molecule has 0 bridgehead atoms. The van der Waals surface area contributed by atoms with E-state index in [1.54, 1.807) is 27.2 Å². The number of likely N-dealkylation sites (N-methyl/N-ethyl adjacent to an activating group) is 1. The fraction of sp³-hybridized carbons (Fsp3) is 0.367. The lowest BCUT2D eigenvalue weighted by molar-refractivity contribution is -0.139. The zero-order valence-electron chi connectivity index (χ0n) is 23.3. The van der Waals surface area contributed by atoms with Gasteiger partial charge in [-0.15, -0.1) is 0 Å². The number of ether oxygens (including phenoxy) is 3. The van der Waals surface area contributed by atoms with Crippen molar-refractivity contribution in [1.29, 1.82) is 0 Å². The summed E-state index contributed by atoms with van der Waals surface area (Å²) in [6, 6.07) is 14.6. The molecule has 0 radical (unpaired) electrons. The number of rotatable bonds is 8. The van der Waals surface area contributed by atoms with Gasteiger partial charge in [-0.05, 0) is 37.1 Å². The Morgan fingerprint density at radius 1 is 1.00 bits per heavy atom. The van der Waals surface area contributed by atoms with E-state index in [1.807, 2.05) is 57.7 Å². The summed E-state index contributed by atoms with van der Waals surface area (Å²) in [6.45, 7) is 5.08. The molecule has 2 aromatic carbocycles. The number of carbonyl (C=O) groups excluding carboxylic acids is 2. The van der Waals surface area contributed by atoms with Crippen LogP contribution >= 0.6 is 11.8 Å². The number of esters is 1. The molecule has 3 aliphatic heterocycles. The van der Waals surface area contributed by atoms with Crippen LogP contribution in [0.5, 0.6) is 11.5 Å². The predicted octanol–water partition coefficient (Wildman–Crippen LogP) is 4.14. The molecule has 1 saturated heterocycles. The van der Waals surface area contributed by atoms with E-state index in [4.69, 9.17) is 19.2 Å². The molecule has 1 atom stereocenters. The quantitative estimate of drug-likeness (QED) is 0.444. The number of amides is 1. The second-order valence-corrected chi connectivity index (χ2v) is 10.6. The van der Waals surface area contributed by atoms with Crippen molar-refractivity contribution in [2.75, 3.05) is 54.1 Å². The smallest absolute Gasteiger partial charge is 0.338 e. The fourth-order valence-corrected chi connectivity index (χ4v) is 6.03. The van der Waals surface area contributed by atoms with Crippen LogP contribution in [0.4, 0.5) is 0 Å². The Morgan fingerprint density at radius 2 is 1.68 bits per heavy atom. The number of methoxy groups -OCH3 is 2. The molecular weight excluding hydrogens is 528 g/mol. The molecule has 5 rings (SSSR count). The van der Waals surface area contributed by atoms with Crippen molar-refractivity contribution in [3.05, 3.63) is 76.3 Å². The van der Waals surface area contributed by atoms with Crippen LogP contribution in [-0.2, 0) is 14.3 Å². The molecule has 1 fully saturated rings. The molecular formula is C30H34N4O5S. The van der Waals surface area contributed by atoms with Crippen LogP contribution in [-0.4, -0.2) is 85.8 Å². The van der Waals surface area contributed by atoms with Gasteiger partial charge in [0.2, 0.25) is 5.91 Å². The highest BCUT2D eigenvalue weighted by molar-refractivity contribution is 8.16. The lowest BCUT2D eigenvalue weighted by Crippen LogP contribution is -2.47. The summed E-state index contributed by atoms with van der Waals surface area (Å²) in [4.78, 5) is 38.3. The first kappa shape index (κ1) is 27.8. The number of nitrogens with zero attached hydrogens (tertiary/aromatic N) is 4. The highest BCUT2D eigenvalue weighted by Gasteiger charge is 2.43. The molecule has 3 aliphatic rings. The molecule has 1 amide bonds. The van der Waals surface area contributed by atoms with Gasteiger partial charge in [0.25, 0.3) is 0 Å². The Hall–Kier alpha value is -3.76. The van der Waals surface area contributed by atoms with E-state index in [0.717, 1.165) is 29.9 Å². The molecule has 210 valence electrons. The number of thioether (sulfide) groups is 1. The molecule has 40 heavy (non-hydrogen) atoms. The number of carbonyl (C=O) groups is 2. The molecule has 2 aromatic rings. The van der Waals surface area contributed by atoms with Crippen LogP contribution in [0, 0.1) is 0 Å². The van der Waals surface area contributed by atoms with Crippen LogP contribution in [0.25, 0.3) is 5.70 Å². The van der Waals surface area contributed by atoms with Gasteiger partial charge < -0.3 is 28.9 Å². The van der Waals surface area contributed by atoms with Crippen LogP contribution in [0.15, 0.2) is 70.2 Å². The molecule has 9 nitrogen and oxygen atoms in total. The summed E-state index contributed by atoms with van der Waals surface area (Å²) in [5.74, 6) is 0.777. The van der Waals surface area contributed by atoms with Gasteiger partial charge in [0.1, 0.15) is 11.5 Å². The number of aliphatic imine (C=N–C) groups is 1. The van der Waals surface area contributed by atoms with Gasteiger partial charge >= 0.3 is 5.97 Å². The van der Waals surface area contributed by atoms with E-state index in [9.17, 15) is 9.59 Å². The number of hydrogen-bond donors (Lipinski definition) is 0. The average Bonchev–Trinajstić information content (AvgIpc) is 3.38. The topological polar surface area (TPSA) is 83.9 Å². The SMILES string of the molecule is CCOC(=O)C1=C(c2ccccc2)N=C2SC=C(CC(=O)N3CCN(C)CC3)N2C1c1cc(OC)cc(OC)c1. The minimum Gasteiger partial charge on any atom is -0.497 e. The Bertz CT molecular complexity index is 1340. The van der Waals surface area contributed by atoms with E-state index in [1.165, 1.54) is 11.8 Å². The van der Waals surface area contributed by atoms with Gasteiger partial charge in [0.15, 0.2) is 5.17 Å². The Kier molecular flexibility index (Phi) is 8.46. The number of piperazine rings is 1.